The molecule has 0 atom stereocenters. The molecule has 21 heavy (non-hydrogen) atoms. The number of rotatable bonds is 5. The molecule has 0 radical (unpaired) electrons. The first-order chi connectivity index (χ1) is 10.2. The van der Waals surface area contributed by atoms with Gasteiger partial charge in [0.2, 0.25) is 5.16 Å². The van der Waals surface area contributed by atoms with Crippen LogP contribution in [0.4, 0.5) is 0 Å². The Bertz CT molecular complexity index is 730. The van der Waals surface area contributed by atoms with Crippen molar-refractivity contribution >= 4 is 23.1 Å². The molecular formula is C16H17N3S2. The van der Waals surface area contributed by atoms with Crippen molar-refractivity contribution in [2.45, 2.75) is 31.2 Å². The summed E-state index contributed by atoms with van der Waals surface area (Å²) in [5.41, 5.74) is 2.58. The zero-order valence-corrected chi connectivity index (χ0v) is 13.7. The molecule has 0 aliphatic carbocycles. The van der Waals surface area contributed by atoms with Crippen LogP contribution in [0.2, 0.25) is 0 Å². The van der Waals surface area contributed by atoms with Gasteiger partial charge in [0, 0.05) is 21.9 Å². The van der Waals surface area contributed by atoms with Crippen molar-refractivity contribution in [2.75, 3.05) is 0 Å². The van der Waals surface area contributed by atoms with Crippen LogP contribution in [0.1, 0.15) is 26.7 Å². The Morgan fingerprint density at radius 3 is 2.76 bits per heavy atom. The largest absolute Gasteiger partial charge is 0.262 e. The SMILES string of the molecule is Cc1ccc(CSc2n[nH]c(Cc3ccccc3C)n2)s1. The maximum Gasteiger partial charge on any atom is 0.208 e. The van der Waals surface area contributed by atoms with Crippen molar-refractivity contribution in [2.24, 2.45) is 0 Å². The summed E-state index contributed by atoms with van der Waals surface area (Å²) in [6.07, 6.45) is 0.804. The standard InChI is InChI=1S/C16H17N3S2/c1-11-5-3-4-6-13(11)9-15-17-16(19-18-15)20-10-14-8-7-12(2)21-14/h3-8H,9-10H2,1-2H3,(H,17,18,19). The van der Waals surface area contributed by atoms with Gasteiger partial charge in [0.05, 0.1) is 0 Å². The lowest BCUT2D eigenvalue weighted by atomic mass is 10.1. The number of hydrogen-bond donors (Lipinski definition) is 1. The molecule has 5 heteroatoms. The van der Waals surface area contributed by atoms with Crippen LogP contribution < -0.4 is 0 Å². The summed E-state index contributed by atoms with van der Waals surface area (Å²) in [6, 6.07) is 12.7. The van der Waals surface area contributed by atoms with E-state index < -0.39 is 0 Å². The molecule has 2 heterocycles. The summed E-state index contributed by atoms with van der Waals surface area (Å²) < 4.78 is 0. The van der Waals surface area contributed by atoms with Crippen molar-refractivity contribution in [3.05, 3.63) is 63.1 Å². The predicted molar refractivity (Wildman–Crippen MR) is 89.0 cm³/mol. The summed E-state index contributed by atoms with van der Waals surface area (Å²) in [7, 11) is 0. The van der Waals surface area contributed by atoms with Gasteiger partial charge in [-0.05, 0) is 37.1 Å². The molecule has 0 saturated carbocycles. The Hall–Kier alpha value is -1.59. The van der Waals surface area contributed by atoms with Crippen LogP contribution in [-0.2, 0) is 12.2 Å². The van der Waals surface area contributed by atoms with E-state index in [0.717, 1.165) is 23.2 Å². The molecule has 0 aliphatic rings. The van der Waals surface area contributed by atoms with Gasteiger partial charge in [-0.25, -0.2) is 4.98 Å². The minimum absolute atomic E-state index is 0.804. The van der Waals surface area contributed by atoms with Gasteiger partial charge in [-0.1, -0.05) is 36.0 Å². The maximum absolute atomic E-state index is 4.57. The molecule has 0 fully saturated rings. The van der Waals surface area contributed by atoms with Crippen LogP contribution in [0.25, 0.3) is 0 Å². The van der Waals surface area contributed by atoms with Crippen LogP contribution in [0.3, 0.4) is 0 Å². The predicted octanol–water partition coefficient (Wildman–Crippen LogP) is 4.37. The van der Waals surface area contributed by atoms with Crippen LogP contribution >= 0.6 is 23.1 Å². The molecule has 0 spiro atoms. The highest BCUT2D eigenvalue weighted by molar-refractivity contribution is 7.98. The highest BCUT2D eigenvalue weighted by atomic mass is 32.2. The first-order valence-electron chi connectivity index (χ1n) is 6.84. The van der Waals surface area contributed by atoms with E-state index in [1.54, 1.807) is 11.8 Å². The summed E-state index contributed by atoms with van der Waals surface area (Å²) in [5.74, 6) is 1.86. The third kappa shape index (κ3) is 3.74. The number of aryl methyl sites for hydroxylation is 2. The first-order valence-corrected chi connectivity index (χ1v) is 8.65. The van der Waals surface area contributed by atoms with Crippen LogP contribution in [0.5, 0.6) is 0 Å². The van der Waals surface area contributed by atoms with Crippen LogP contribution in [0, 0.1) is 13.8 Å². The van der Waals surface area contributed by atoms with E-state index in [0.29, 0.717) is 0 Å². The number of aromatic nitrogens is 3. The van der Waals surface area contributed by atoms with Gasteiger partial charge in [-0.15, -0.1) is 16.4 Å². The number of thioether (sulfide) groups is 1. The third-order valence-electron chi connectivity index (χ3n) is 3.27. The number of aromatic amines is 1. The molecule has 3 aromatic rings. The Balaban J connectivity index is 1.62. The van der Waals surface area contributed by atoms with Crippen molar-refractivity contribution in [3.8, 4) is 0 Å². The second-order valence-corrected chi connectivity index (χ2v) is 7.28. The molecule has 108 valence electrons. The number of nitrogens with zero attached hydrogens (tertiary/aromatic N) is 2. The quantitative estimate of drug-likeness (QED) is 0.711. The van der Waals surface area contributed by atoms with E-state index in [4.69, 9.17) is 0 Å². The molecule has 0 aliphatic heterocycles. The average Bonchev–Trinajstić information content (AvgIpc) is 3.08. The van der Waals surface area contributed by atoms with Gasteiger partial charge in [0.25, 0.3) is 0 Å². The number of H-pyrrole nitrogens is 1. The van der Waals surface area contributed by atoms with E-state index >= 15 is 0 Å². The summed E-state index contributed by atoms with van der Waals surface area (Å²) in [5, 5.41) is 8.16. The van der Waals surface area contributed by atoms with Gasteiger partial charge < -0.3 is 0 Å². The van der Waals surface area contributed by atoms with Crippen molar-refractivity contribution in [1.29, 1.82) is 0 Å². The molecule has 0 amide bonds. The molecule has 2 aromatic heterocycles. The highest BCUT2D eigenvalue weighted by Crippen LogP contribution is 2.24. The highest BCUT2D eigenvalue weighted by Gasteiger charge is 2.07. The van der Waals surface area contributed by atoms with Gasteiger partial charge in [0.15, 0.2) is 0 Å². The normalized spacial score (nSPS) is 11.0. The zero-order chi connectivity index (χ0) is 14.7. The van der Waals surface area contributed by atoms with Gasteiger partial charge in [-0.2, -0.15) is 0 Å². The fraction of sp³-hybridized carbons (Fsp3) is 0.250. The van der Waals surface area contributed by atoms with Crippen molar-refractivity contribution in [1.82, 2.24) is 15.2 Å². The molecular weight excluding hydrogens is 298 g/mol. The lowest BCUT2D eigenvalue weighted by molar-refractivity contribution is 0.953. The monoisotopic (exact) mass is 315 g/mol. The minimum Gasteiger partial charge on any atom is -0.262 e. The maximum atomic E-state index is 4.57. The fourth-order valence-corrected chi connectivity index (χ4v) is 3.86. The molecule has 1 N–H and O–H groups in total. The van der Waals surface area contributed by atoms with Gasteiger partial charge in [-0.3, -0.25) is 5.10 Å². The lowest BCUT2D eigenvalue weighted by Gasteiger charge is -2.01. The van der Waals surface area contributed by atoms with Crippen LogP contribution in [-0.4, -0.2) is 15.2 Å². The van der Waals surface area contributed by atoms with E-state index in [1.165, 1.54) is 20.9 Å². The number of nitrogens with one attached hydrogen (secondary N) is 1. The fourth-order valence-electron chi connectivity index (χ4n) is 2.11. The number of benzene rings is 1. The van der Waals surface area contributed by atoms with Crippen molar-refractivity contribution in [3.63, 3.8) is 0 Å². The molecule has 3 rings (SSSR count). The van der Waals surface area contributed by atoms with E-state index in [2.05, 4.69) is 65.4 Å². The molecule has 1 aromatic carbocycles. The number of thiophene rings is 1. The Morgan fingerprint density at radius 2 is 2.00 bits per heavy atom. The smallest absolute Gasteiger partial charge is 0.208 e. The van der Waals surface area contributed by atoms with E-state index in [1.807, 2.05) is 11.3 Å². The number of hydrogen-bond acceptors (Lipinski definition) is 4. The molecule has 0 bridgehead atoms. The molecule has 0 unspecified atom stereocenters. The average molecular weight is 315 g/mol. The van der Waals surface area contributed by atoms with Crippen molar-refractivity contribution < 1.29 is 0 Å². The molecule has 3 nitrogen and oxygen atoms in total. The Labute approximate surface area is 132 Å². The van der Waals surface area contributed by atoms with E-state index in [9.17, 15) is 0 Å². The Morgan fingerprint density at radius 1 is 1.14 bits per heavy atom. The molecule has 0 saturated heterocycles. The van der Waals surface area contributed by atoms with Gasteiger partial charge in [0.1, 0.15) is 5.82 Å². The summed E-state index contributed by atoms with van der Waals surface area (Å²) >= 11 is 3.51. The Kier molecular flexibility index (Phi) is 4.41. The summed E-state index contributed by atoms with van der Waals surface area (Å²) in [4.78, 5) is 7.28. The zero-order valence-electron chi connectivity index (χ0n) is 12.1. The van der Waals surface area contributed by atoms with Gasteiger partial charge >= 0.3 is 0 Å². The van der Waals surface area contributed by atoms with Crippen LogP contribution in [0.15, 0.2) is 41.6 Å². The summed E-state index contributed by atoms with van der Waals surface area (Å²) in [6.45, 7) is 4.26. The van der Waals surface area contributed by atoms with E-state index in [-0.39, 0.29) is 0 Å². The first kappa shape index (κ1) is 14.4. The third-order valence-corrected chi connectivity index (χ3v) is 5.35. The lowest BCUT2D eigenvalue weighted by Crippen LogP contribution is -1.93. The minimum atomic E-state index is 0.804. The topological polar surface area (TPSA) is 41.6 Å². The second-order valence-electron chi connectivity index (χ2n) is 4.97. The second kappa shape index (κ2) is 6.45.